The lowest BCUT2D eigenvalue weighted by Crippen LogP contribution is -2.27. The van der Waals surface area contributed by atoms with E-state index in [1.165, 1.54) is 11.1 Å². The number of nitrogens with one attached hydrogen (secondary N) is 1. The molecule has 19 heavy (non-hydrogen) atoms. The van der Waals surface area contributed by atoms with Crippen molar-refractivity contribution in [1.29, 1.82) is 0 Å². The van der Waals surface area contributed by atoms with E-state index in [-0.39, 0.29) is 5.60 Å². The highest BCUT2D eigenvalue weighted by molar-refractivity contribution is 5.21. The van der Waals surface area contributed by atoms with Gasteiger partial charge in [0.15, 0.2) is 5.88 Å². The van der Waals surface area contributed by atoms with Crippen molar-refractivity contribution in [2.24, 2.45) is 0 Å². The van der Waals surface area contributed by atoms with Crippen LogP contribution < -0.4 is 5.32 Å². The first-order valence-corrected chi connectivity index (χ1v) is 7.09. The Kier molecular flexibility index (Phi) is 5.94. The minimum Gasteiger partial charge on any atom is -0.474 e. The minimum atomic E-state index is -0.155. The smallest absolute Gasteiger partial charge is 0.183 e. The second kappa shape index (κ2) is 7.22. The van der Waals surface area contributed by atoms with Gasteiger partial charge in [-0.25, -0.2) is 0 Å². The van der Waals surface area contributed by atoms with Crippen LogP contribution in [0.2, 0.25) is 0 Å². The van der Waals surface area contributed by atoms with Gasteiger partial charge in [0, 0.05) is 6.54 Å². The molecule has 0 aliphatic carbocycles. The Morgan fingerprint density at radius 1 is 1.21 bits per heavy atom. The molecule has 0 aliphatic heterocycles. The van der Waals surface area contributed by atoms with Crippen LogP contribution in [-0.4, -0.2) is 12.1 Å². The molecule has 1 N–H and O–H groups in total. The fourth-order valence-electron chi connectivity index (χ4n) is 1.75. The molecule has 1 aromatic carbocycles. The van der Waals surface area contributed by atoms with Gasteiger partial charge in [0.05, 0.1) is 0 Å². The van der Waals surface area contributed by atoms with Crippen molar-refractivity contribution >= 4 is 0 Å². The Labute approximate surface area is 117 Å². The number of rotatable bonds is 6. The predicted molar refractivity (Wildman–Crippen MR) is 82.1 cm³/mol. The summed E-state index contributed by atoms with van der Waals surface area (Å²) < 4.78 is 5.89. The van der Waals surface area contributed by atoms with Gasteiger partial charge in [-0.15, -0.1) is 0 Å². The van der Waals surface area contributed by atoms with Crippen molar-refractivity contribution in [3.63, 3.8) is 0 Å². The molecule has 0 saturated carbocycles. The highest BCUT2D eigenvalue weighted by Gasteiger charge is 2.12. The molecule has 0 atom stereocenters. The monoisotopic (exact) mass is 261 g/mol. The lowest BCUT2D eigenvalue weighted by atomic mass is 10.1. The Bertz CT molecular complexity index is 398. The molecule has 106 valence electrons. The van der Waals surface area contributed by atoms with Gasteiger partial charge in [-0.05, 0) is 52.2 Å². The van der Waals surface area contributed by atoms with Crippen LogP contribution in [0.25, 0.3) is 0 Å². The van der Waals surface area contributed by atoms with Crippen LogP contribution in [0.4, 0.5) is 0 Å². The highest BCUT2D eigenvalue weighted by Crippen LogP contribution is 2.12. The van der Waals surface area contributed by atoms with Crippen molar-refractivity contribution in [2.75, 3.05) is 6.54 Å². The molecule has 0 amide bonds. The second-order valence-corrected chi connectivity index (χ2v) is 5.85. The number of allylic oxidation sites excluding steroid dienone is 1. The lowest BCUT2D eigenvalue weighted by molar-refractivity contribution is 0.0400. The quantitative estimate of drug-likeness (QED) is 0.775. The largest absolute Gasteiger partial charge is 0.474 e. The van der Waals surface area contributed by atoms with Crippen LogP contribution >= 0.6 is 0 Å². The highest BCUT2D eigenvalue weighted by atomic mass is 16.5. The predicted octanol–water partition coefficient (Wildman–Crippen LogP) is 4.19. The summed E-state index contributed by atoms with van der Waals surface area (Å²) in [5.41, 5.74) is 2.50. The van der Waals surface area contributed by atoms with Gasteiger partial charge in [-0.1, -0.05) is 36.8 Å². The Balaban J connectivity index is 2.44. The van der Waals surface area contributed by atoms with Crippen LogP contribution in [-0.2, 0) is 11.2 Å². The van der Waals surface area contributed by atoms with Crippen LogP contribution in [0.3, 0.4) is 0 Å². The van der Waals surface area contributed by atoms with Crippen LogP contribution in [0.5, 0.6) is 0 Å². The van der Waals surface area contributed by atoms with Crippen molar-refractivity contribution in [2.45, 2.75) is 53.1 Å². The molecule has 2 nitrogen and oxygen atoms in total. The molecule has 0 aromatic heterocycles. The van der Waals surface area contributed by atoms with Crippen molar-refractivity contribution in [3.05, 3.63) is 47.4 Å². The minimum absolute atomic E-state index is 0.155. The van der Waals surface area contributed by atoms with Gasteiger partial charge >= 0.3 is 0 Å². The van der Waals surface area contributed by atoms with Gasteiger partial charge in [0.1, 0.15) is 5.60 Å². The summed E-state index contributed by atoms with van der Waals surface area (Å²) in [4.78, 5) is 0. The van der Waals surface area contributed by atoms with Gasteiger partial charge in [0.2, 0.25) is 0 Å². The normalized spacial score (nSPS) is 12.4. The number of hydrogen-bond donors (Lipinski definition) is 1. The number of benzene rings is 1. The fraction of sp³-hybridized carbons (Fsp3) is 0.529. The van der Waals surface area contributed by atoms with E-state index in [1.807, 2.05) is 0 Å². The first-order valence-electron chi connectivity index (χ1n) is 7.09. The number of aryl methyl sites for hydroxylation is 1. The van der Waals surface area contributed by atoms with Crippen LogP contribution in [0.15, 0.2) is 36.2 Å². The van der Waals surface area contributed by atoms with Crippen LogP contribution in [0.1, 0.15) is 45.2 Å². The van der Waals surface area contributed by atoms with E-state index in [0.717, 1.165) is 25.3 Å². The second-order valence-electron chi connectivity index (χ2n) is 5.85. The SMILES string of the molecule is CC/C=C(\NCCc1ccc(C)cc1)OC(C)(C)C. The summed E-state index contributed by atoms with van der Waals surface area (Å²) in [6, 6.07) is 8.68. The zero-order valence-electron chi connectivity index (χ0n) is 12.9. The van der Waals surface area contributed by atoms with Gasteiger partial charge < -0.3 is 10.1 Å². The third kappa shape index (κ3) is 6.90. The summed E-state index contributed by atoms with van der Waals surface area (Å²) in [6.45, 7) is 11.3. The van der Waals surface area contributed by atoms with E-state index < -0.39 is 0 Å². The average Bonchev–Trinajstić information content (AvgIpc) is 2.30. The first kappa shape index (κ1) is 15.6. The van der Waals surface area contributed by atoms with E-state index in [0.29, 0.717) is 0 Å². The Hall–Kier alpha value is -1.44. The maximum Gasteiger partial charge on any atom is 0.183 e. The molecule has 0 unspecified atom stereocenters. The molecular formula is C17H27NO. The topological polar surface area (TPSA) is 21.3 Å². The summed E-state index contributed by atoms with van der Waals surface area (Å²) in [5, 5.41) is 3.38. The van der Waals surface area contributed by atoms with E-state index in [2.05, 4.69) is 70.3 Å². The molecular weight excluding hydrogens is 234 g/mol. The van der Waals surface area contributed by atoms with Gasteiger partial charge in [-0.2, -0.15) is 0 Å². The summed E-state index contributed by atoms with van der Waals surface area (Å²) in [6.07, 6.45) is 4.08. The van der Waals surface area contributed by atoms with E-state index in [4.69, 9.17) is 4.74 Å². The summed E-state index contributed by atoms with van der Waals surface area (Å²) in [7, 11) is 0. The van der Waals surface area contributed by atoms with E-state index >= 15 is 0 Å². The fourth-order valence-corrected chi connectivity index (χ4v) is 1.75. The lowest BCUT2D eigenvalue weighted by Gasteiger charge is -2.24. The van der Waals surface area contributed by atoms with E-state index in [9.17, 15) is 0 Å². The molecule has 0 radical (unpaired) electrons. The molecule has 0 aliphatic rings. The summed E-state index contributed by atoms with van der Waals surface area (Å²) >= 11 is 0. The standard InChI is InChI=1S/C17H27NO/c1-6-7-16(19-17(3,4)5)18-13-12-15-10-8-14(2)9-11-15/h7-11,18H,6,12-13H2,1-5H3/b16-7+. The first-order chi connectivity index (χ1) is 8.90. The molecule has 1 rings (SSSR count). The van der Waals surface area contributed by atoms with Crippen molar-refractivity contribution < 1.29 is 4.74 Å². The van der Waals surface area contributed by atoms with Gasteiger partial charge in [0.25, 0.3) is 0 Å². The molecule has 0 bridgehead atoms. The summed E-state index contributed by atoms with van der Waals surface area (Å²) in [5.74, 6) is 0.891. The maximum atomic E-state index is 5.89. The average molecular weight is 261 g/mol. The number of ether oxygens (including phenoxy) is 1. The Morgan fingerprint density at radius 3 is 2.37 bits per heavy atom. The molecule has 2 heteroatoms. The maximum absolute atomic E-state index is 5.89. The molecule has 0 fully saturated rings. The molecule has 0 spiro atoms. The van der Waals surface area contributed by atoms with Crippen molar-refractivity contribution in [3.8, 4) is 0 Å². The third-order valence-corrected chi connectivity index (χ3v) is 2.64. The van der Waals surface area contributed by atoms with Crippen molar-refractivity contribution in [1.82, 2.24) is 5.32 Å². The zero-order valence-corrected chi connectivity index (χ0v) is 12.9. The Morgan fingerprint density at radius 2 is 1.84 bits per heavy atom. The molecule has 1 aromatic rings. The number of hydrogen-bond acceptors (Lipinski definition) is 2. The molecule has 0 saturated heterocycles. The third-order valence-electron chi connectivity index (χ3n) is 2.64. The van der Waals surface area contributed by atoms with Gasteiger partial charge in [-0.3, -0.25) is 0 Å². The van der Waals surface area contributed by atoms with E-state index in [1.54, 1.807) is 0 Å². The van der Waals surface area contributed by atoms with Crippen LogP contribution in [0, 0.1) is 6.92 Å². The zero-order chi connectivity index (χ0) is 14.3. The molecule has 0 heterocycles.